The topological polar surface area (TPSA) is 75.0 Å². The number of fused-ring (bicyclic) bond motifs is 2. The summed E-state index contributed by atoms with van der Waals surface area (Å²) in [6.07, 6.45) is 4.89. The number of anilines is 1. The highest BCUT2D eigenvalue weighted by molar-refractivity contribution is 7.91. The molecule has 0 fully saturated rings. The molecule has 7 heteroatoms. The van der Waals surface area contributed by atoms with Gasteiger partial charge in [0.15, 0.2) is 11.4 Å². The van der Waals surface area contributed by atoms with Gasteiger partial charge in [0.25, 0.3) is 0 Å². The van der Waals surface area contributed by atoms with Gasteiger partial charge >= 0.3 is 5.18 Å². The first kappa shape index (κ1) is 13.4. The lowest BCUT2D eigenvalue weighted by molar-refractivity contribution is 0.132. The minimum Gasteiger partial charge on any atom is -0.610 e. The summed E-state index contributed by atoms with van der Waals surface area (Å²) in [5, 5.41) is 2.03. The Morgan fingerprint density at radius 2 is 2.14 bits per heavy atom. The number of imidazole rings is 1. The van der Waals surface area contributed by atoms with Crippen LogP contribution in [0.25, 0.3) is 11.2 Å². The number of aryl methyl sites for hydroxylation is 1. The van der Waals surface area contributed by atoms with Crippen molar-refractivity contribution >= 4 is 28.0 Å². The molecule has 2 unspecified atom stereocenters. The van der Waals surface area contributed by atoms with E-state index in [2.05, 4.69) is 15.3 Å². The van der Waals surface area contributed by atoms with Crippen LogP contribution in [0, 0.1) is 6.92 Å². The fraction of sp³-hybridized carbons (Fsp3) is 0.200. The van der Waals surface area contributed by atoms with Crippen LogP contribution >= 0.6 is 0 Å². The molecule has 6 nitrogen and oxygen atoms in total. The van der Waals surface area contributed by atoms with Crippen molar-refractivity contribution in [3.8, 4) is 5.75 Å². The summed E-state index contributed by atoms with van der Waals surface area (Å²) in [5.41, 5.74) is 3.22. The maximum absolute atomic E-state index is 12.5. The molecule has 1 aliphatic heterocycles. The number of rotatable bonds is 2. The summed E-state index contributed by atoms with van der Waals surface area (Å²) >= 11 is -1.37. The van der Waals surface area contributed by atoms with Crippen molar-refractivity contribution in [1.82, 2.24) is 14.5 Å². The molecule has 0 spiro atoms. The monoisotopic (exact) mass is 314 g/mol. The lowest BCUT2D eigenvalue weighted by Gasteiger charge is -2.29. The first-order valence-corrected chi connectivity index (χ1v) is 8.36. The van der Waals surface area contributed by atoms with E-state index < -0.39 is 16.4 Å². The molecule has 0 radical (unpaired) electrons. The molecular weight excluding hydrogens is 300 g/mol. The summed E-state index contributed by atoms with van der Waals surface area (Å²) in [7, 11) is 0. The Labute approximate surface area is 130 Å². The van der Waals surface area contributed by atoms with Crippen molar-refractivity contribution in [2.24, 2.45) is 0 Å². The fourth-order valence-electron chi connectivity index (χ4n) is 2.66. The number of ether oxygens (including phenoxy) is 1. The Hall–Kier alpha value is -2.25. The lowest BCUT2D eigenvalue weighted by atomic mass is 10.2. The molecule has 1 aromatic carbocycles. The van der Waals surface area contributed by atoms with Crippen molar-refractivity contribution in [3.05, 3.63) is 48.4 Å². The molecule has 0 amide bonds. The molecule has 1 aliphatic rings. The normalized spacial score (nSPS) is 21.2. The number of hydrogen-bond acceptors (Lipinski definition) is 5. The van der Waals surface area contributed by atoms with Crippen molar-refractivity contribution < 1.29 is 9.29 Å². The fourth-order valence-corrected chi connectivity index (χ4v) is 3.53. The van der Waals surface area contributed by atoms with Gasteiger partial charge in [0, 0.05) is 17.4 Å². The van der Waals surface area contributed by atoms with E-state index in [4.69, 9.17) is 4.74 Å². The molecule has 0 saturated carbocycles. The van der Waals surface area contributed by atoms with Crippen LogP contribution in [-0.2, 0) is 16.4 Å². The molecule has 0 saturated heterocycles. The Kier molecular flexibility index (Phi) is 2.82. The molecule has 2 aromatic heterocycles. The number of aromatic nitrogens is 3. The third-order valence-electron chi connectivity index (χ3n) is 3.78. The average molecular weight is 314 g/mol. The summed E-state index contributed by atoms with van der Waals surface area (Å²) in [5.74, 6) is 0.674. The summed E-state index contributed by atoms with van der Waals surface area (Å²) in [6.45, 7) is 1.98. The summed E-state index contributed by atoms with van der Waals surface area (Å²) in [6, 6.07) is 9.43. The first-order chi connectivity index (χ1) is 10.6. The van der Waals surface area contributed by atoms with Gasteiger partial charge in [0.1, 0.15) is 18.1 Å². The second kappa shape index (κ2) is 4.62. The second-order valence-electron chi connectivity index (χ2n) is 5.17. The molecule has 0 aliphatic carbocycles. The minimum absolute atomic E-state index is 0.621. The number of pyridine rings is 1. The maximum atomic E-state index is 12.5. The van der Waals surface area contributed by atoms with Gasteiger partial charge in [-0.3, -0.25) is 5.32 Å². The van der Waals surface area contributed by atoms with Gasteiger partial charge in [-0.2, -0.15) is 0 Å². The SMILES string of the molecule is Cc1cccc2c1NC(n1cnc3cccnc31)([S+](C)[O-])O2. The molecule has 22 heavy (non-hydrogen) atoms. The van der Waals surface area contributed by atoms with E-state index in [0.717, 1.165) is 16.8 Å². The largest absolute Gasteiger partial charge is 0.610 e. The van der Waals surface area contributed by atoms with E-state index in [1.165, 1.54) is 0 Å². The molecule has 4 rings (SSSR count). The Balaban J connectivity index is 1.92. The average Bonchev–Trinajstić information content (AvgIpc) is 3.09. The first-order valence-electron chi connectivity index (χ1n) is 6.81. The smallest absolute Gasteiger partial charge is 0.441 e. The van der Waals surface area contributed by atoms with Crippen LogP contribution in [0.2, 0.25) is 0 Å². The number of para-hydroxylation sites is 1. The van der Waals surface area contributed by atoms with Gasteiger partial charge in [-0.1, -0.05) is 12.1 Å². The zero-order chi connectivity index (χ0) is 15.3. The highest BCUT2D eigenvalue weighted by Crippen LogP contribution is 2.44. The number of nitrogens with one attached hydrogen (secondary N) is 1. The van der Waals surface area contributed by atoms with E-state index in [1.807, 2.05) is 37.3 Å². The Bertz CT molecular complexity index is 864. The van der Waals surface area contributed by atoms with Crippen LogP contribution in [-0.4, -0.2) is 25.3 Å². The quantitative estimate of drug-likeness (QED) is 0.734. The maximum Gasteiger partial charge on any atom is 0.441 e. The third kappa shape index (κ3) is 1.72. The van der Waals surface area contributed by atoms with Gasteiger partial charge in [0.05, 0.1) is 5.69 Å². The van der Waals surface area contributed by atoms with Crippen LogP contribution < -0.4 is 10.1 Å². The molecule has 0 bridgehead atoms. The highest BCUT2D eigenvalue weighted by Gasteiger charge is 2.52. The molecule has 2 atom stereocenters. The van der Waals surface area contributed by atoms with Crippen molar-refractivity contribution in [1.29, 1.82) is 0 Å². The lowest BCUT2D eigenvalue weighted by Crippen LogP contribution is -2.50. The number of hydrogen-bond donors (Lipinski definition) is 1. The second-order valence-corrected chi connectivity index (χ2v) is 6.63. The highest BCUT2D eigenvalue weighted by atomic mass is 32.2. The molecule has 3 heterocycles. The van der Waals surface area contributed by atoms with E-state index in [1.54, 1.807) is 23.3 Å². The molecular formula is C15H14N4O2S. The molecule has 1 N–H and O–H groups in total. The van der Waals surface area contributed by atoms with Gasteiger partial charge in [-0.15, -0.1) is 0 Å². The van der Waals surface area contributed by atoms with Crippen LogP contribution in [0.3, 0.4) is 0 Å². The van der Waals surface area contributed by atoms with E-state index >= 15 is 0 Å². The zero-order valence-corrected chi connectivity index (χ0v) is 12.9. The summed E-state index contributed by atoms with van der Waals surface area (Å²) < 4.78 is 20.3. The van der Waals surface area contributed by atoms with Crippen LogP contribution in [0.15, 0.2) is 42.9 Å². The standard InChI is InChI=1S/C15H14N4O2S/c1-10-5-3-7-12-13(10)18-15(21-12,22(2)20)19-9-17-11-6-4-8-16-14(11)19/h3-9,18H,1-2H3. The minimum atomic E-state index is -1.37. The van der Waals surface area contributed by atoms with Crippen LogP contribution in [0.5, 0.6) is 5.75 Å². The number of benzene rings is 1. The van der Waals surface area contributed by atoms with E-state index in [9.17, 15) is 4.55 Å². The Morgan fingerprint density at radius 3 is 2.91 bits per heavy atom. The van der Waals surface area contributed by atoms with Gasteiger partial charge in [-0.05, 0) is 30.7 Å². The number of nitrogens with zero attached hydrogens (tertiary/aromatic N) is 3. The van der Waals surface area contributed by atoms with Crippen molar-refractivity contribution in [3.63, 3.8) is 0 Å². The van der Waals surface area contributed by atoms with Gasteiger partial charge in [-0.25, -0.2) is 14.5 Å². The van der Waals surface area contributed by atoms with E-state index in [0.29, 0.717) is 11.4 Å². The predicted octanol–water partition coefficient (Wildman–Crippen LogP) is 2.19. The molecule has 3 aromatic rings. The van der Waals surface area contributed by atoms with Crippen LogP contribution in [0.1, 0.15) is 5.56 Å². The van der Waals surface area contributed by atoms with Crippen molar-refractivity contribution in [2.75, 3.05) is 11.6 Å². The van der Waals surface area contributed by atoms with Crippen LogP contribution in [0.4, 0.5) is 5.69 Å². The summed E-state index contributed by atoms with van der Waals surface area (Å²) in [4.78, 5) is 8.67. The Morgan fingerprint density at radius 1 is 1.27 bits per heavy atom. The van der Waals surface area contributed by atoms with Gasteiger partial charge < -0.3 is 9.29 Å². The van der Waals surface area contributed by atoms with Crippen molar-refractivity contribution in [2.45, 2.75) is 12.1 Å². The third-order valence-corrected chi connectivity index (χ3v) is 4.94. The van der Waals surface area contributed by atoms with E-state index in [-0.39, 0.29) is 0 Å². The molecule has 112 valence electrons. The predicted molar refractivity (Wildman–Crippen MR) is 85.0 cm³/mol. The van der Waals surface area contributed by atoms with Gasteiger partial charge in [0.2, 0.25) is 0 Å². The zero-order valence-electron chi connectivity index (χ0n) is 12.1.